The van der Waals surface area contributed by atoms with E-state index in [1.165, 1.54) is 6.07 Å². The van der Waals surface area contributed by atoms with Gasteiger partial charge in [-0.15, -0.1) is 0 Å². The first-order chi connectivity index (χ1) is 9.97. The van der Waals surface area contributed by atoms with Gasteiger partial charge in [-0.1, -0.05) is 30.3 Å². The largest absolute Gasteiger partial charge is 0.478 e. The second-order valence-corrected chi connectivity index (χ2v) is 5.00. The lowest BCUT2D eigenvalue weighted by atomic mass is 10.0. The zero-order chi connectivity index (χ0) is 15.4. The molecule has 0 unspecified atom stereocenters. The molecular formula is C17H17NO3. The van der Waals surface area contributed by atoms with Gasteiger partial charge in [-0.05, 0) is 43.2 Å². The van der Waals surface area contributed by atoms with Crippen LogP contribution in [0.25, 0.3) is 0 Å². The van der Waals surface area contributed by atoms with E-state index in [1.807, 2.05) is 37.3 Å². The number of hydrogen-bond donors (Lipinski definition) is 2. The maximum atomic E-state index is 12.3. The highest BCUT2D eigenvalue weighted by atomic mass is 16.4. The van der Waals surface area contributed by atoms with E-state index in [1.54, 1.807) is 19.1 Å². The summed E-state index contributed by atoms with van der Waals surface area (Å²) in [5.41, 5.74) is 2.21. The zero-order valence-electron chi connectivity index (χ0n) is 12.0. The molecule has 108 valence electrons. The van der Waals surface area contributed by atoms with E-state index < -0.39 is 5.97 Å². The fourth-order valence-electron chi connectivity index (χ4n) is 2.14. The van der Waals surface area contributed by atoms with Gasteiger partial charge in [0, 0.05) is 5.56 Å². The summed E-state index contributed by atoms with van der Waals surface area (Å²) in [4.78, 5) is 23.3. The summed E-state index contributed by atoms with van der Waals surface area (Å²) >= 11 is 0. The van der Waals surface area contributed by atoms with Crippen molar-refractivity contribution in [2.24, 2.45) is 0 Å². The number of aryl methyl sites for hydroxylation is 1. The van der Waals surface area contributed by atoms with Gasteiger partial charge in [-0.2, -0.15) is 0 Å². The first-order valence-electron chi connectivity index (χ1n) is 6.68. The zero-order valence-corrected chi connectivity index (χ0v) is 12.0. The third-order valence-electron chi connectivity index (χ3n) is 3.23. The summed E-state index contributed by atoms with van der Waals surface area (Å²) in [7, 11) is 0. The lowest BCUT2D eigenvalue weighted by molar-refractivity contribution is 0.0696. The minimum atomic E-state index is -1.04. The Morgan fingerprint density at radius 2 is 1.67 bits per heavy atom. The van der Waals surface area contributed by atoms with Crippen molar-refractivity contribution >= 4 is 11.9 Å². The van der Waals surface area contributed by atoms with Gasteiger partial charge in [0.25, 0.3) is 5.91 Å². The van der Waals surface area contributed by atoms with Gasteiger partial charge in [0.1, 0.15) is 0 Å². The number of aromatic carboxylic acids is 1. The Morgan fingerprint density at radius 3 is 2.29 bits per heavy atom. The summed E-state index contributed by atoms with van der Waals surface area (Å²) in [6.07, 6.45) is 0. The molecule has 4 nitrogen and oxygen atoms in total. The normalized spacial score (nSPS) is 11.7. The van der Waals surface area contributed by atoms with Gasteiger partial charge in [-0.25, -0.2) is 4.79 Å². The number of nitrogens with one attached hydrogen (secondary N) is 1. The van der Waals surface area contributed by atoms with Crippen LogP contribution in [0.15, 0.2) is 48.5 Å². The number of carboxylic acids is 1. The maximum absolute atomic E-state index is 12.3. The van der Waals surface area contributed by atoms with Crippen LogP contribution in [0.4, 0.5) is 0 Å². The fraction of sp³-hybridized carbons (Fsp3) is 0.176. The number of carbonyl (C=O) groups excluding carboxylic acids is 1. The minimum absolute atomic E-state index is 0.118. The summed E-state index contributed by atoms with van der Waals surface area (Å²) in [5.74, 6) is -1.32. The molecule has 21 heavy (non-hydrogen) atoms. The molecule has 2 aromatic carbocycles. The van der Waals surface area contributed by atoms with Gasteiger partial charge in [0.05, 0.1) is 11.6 Å². The van der Waals surface area contributed by atoms with E-state index in [0.29, 0.717) is 5.56 Å². The van der Waals surface area contributed by atoms with Crippen LogP contribution in [-0.2, 0) is 0 Å². The molecule has 2 aromatic rings. The highest BCUT2D eigenvalue weighted by Gasteiger charge is 2.14. The van der Waals surface area contributed by atoms with Crippen LogP contribution in [0.5, 0.6) is 0 Å². The van der Waals surface area contributed by atoms with Crippen LogP contribution < -0.4 is 5.32 Å². The molecule has 1 atom stereocenters. The van der Waals surface area contributed by atoms with Crippen molar-refractivity contribution in [2.45, 2.75) is 19.9 Å². The smallest absolute Gasteiger partial charge is 0.335 e. The van der Waals surface area contributed by atoms with Crippen LogP contribution in [0.1, 0.15) is 44.8 Å². The van der Waals surface area contributed by atoms with E-state index in [0.717, 1.165) is 11.1 Å². The average molecular weight is 283 g/mol. The predicted molar refractivity (Wildman–Crippen MR) is 80.5 cm³/mol. The van der Waals surface area contributed by atoms with Crippen molar-refractivity contribution in [3.8, 4) is 0 Å². The SMILES string of the molecule is Cc1cc(C(=O)O)cc(C(=O)N[C@H](C)c2ccccc2)c1. The molecule has 0 saturated heterocycles. The fourth-order valence-corrected chi connectivity index (χ4v) is 2.14. The van der Waals surface area contributed by atoms with E-state index in [9.17, 15) is 9.59 Å². The van der Waals surface area contributed by atoms with Crippen molar-refractivity contribution in [3.63, 3.8) is 0 Å². The Hall–Kier alpha value is -2.62. The molecule has 0 bridgehead atoms. The lowest BCUT2D eigenvalue weighted by Crippen LogP contribution is -2.26. The molecule has 1 amide bonds. The van der Waals surface area contributed by atoms with Crippen LogP contribution in [0.3, 0.4) is 0 Å². The van der Waals surface area contributed by atoms with Gasteiger partial charge in [0.2, 0.25) is 0 Å². The predicted octanol–water partition coefficient (Wildman–Crippen LogP) is 3.18. The monoisotopic (exact) mass is 283 g/mol. The van der Waals surface area contributed by atoms with Crippen molar-refractivity contribution in [1.82, 2.24) is 5.32 Å². The number of amides is 1. The highest BCUT2D eigenvalue weighted by Crippen LogP contribution is 2.14. The maximum Gasteiger partial charge on any atom is 0.335 e. The molecule has 0 aliphatic carbocycles. The van der Waals surface area contributed by atoms with Gasteiger partial charge in [-0.3, -0.25) is 4.79 Å². The Balaban J connectivity index is 2.19. The second-order valence-electron chi connectivity index (χ2n) is 5.00. The molecule has 0 aliphatic heterocycles. The molecular weight excluding hydrogens is 266 g/mol. The standard InChI is InChI=1S/C17H17NO3/c1-11-8-14(10-15(9-11)17(20)21)16(19)18-12(2)13-6-4-3-5-7-13/h3-10,12H,1-2H3,(H,18,19)(H,20,21)/t12-/m1/s1. The summed E-state index contributed by atoms with van der Waals surface area (Å²) in [6.45, 7) is 3.66. The van der Waals surface area contributed by atoms with E-state index in [2.05, 4.69) is 5.32 Å². The van der Waals surface area contributed by atoms with Gasteiger partial charge in [0.15, 0.2) is 0 Å². The highest BCUT2D eigenvalue weighted by molar-refractivity contribution is 5.98. The van der Waals surface area contributed by atoms with Crippen LogP contribution in [-0.4, -0.2) is 17.0 Å². The number of carboxylic acid groups (broad SMARTS) is 1. The summed E-state index contributed by atoms with van der Waals surface area (Å²) in [5, 5.41) is 11.9. The molecule has 4 heteroatoms. The third-order valence-corrected chi connectivity index (χ3v) is 3.23. The van der Waals surface area contributed by atoms with Crippen molar-refractivity contribution in [1.29, 1.82) is 0 Å². The van der Waals surface area contributed by atoms with Gasteiger partial charge < -0.3 is 10.4 Å². The number of hydrogen-bond acceptors (Lipinski definition) is 2. The van der Waals surface area contributed by atoms with Crippen molar-refractivity contribution in [3.05, 3.63) is 70.8 Å². The molecule has 0 aromatic heterocycles. The van der Waals surface area contributed by atoms with Gasteiger partial charge >= 0.3 is 5.97 Å². The quantitative estimate of drug-likeness (QED) is 0.905. The molecule has 0 heterocycles. The van der Waals surface area contributed by atoms with E-state index >= 15 is 0 Å². The lowest BCUT2D eigenvalue weighted by Gasteiger charge is -2.14. The van der Waals surface area contributed by atoms with Crippen LogP contribution >= 0.6 is 0 Å². The first kappa shape index (κ1) is 14.8. The van der Waals surface area contributed by atoms with Crippen molar-refractivity contribution < 1.29 is 14.7 Å². The second kappa shape index (κ2) is 6.22. The third kappa shape index (κ3) is 3.69. The summed E-state index contributed by atoms with van der Waals surface area (Å²) in [6, 6.07) is 14.1. The average Bonchev–Trinajstić information content (AvgIpc) is 2.47. The minimum Gasteiger partial charge on any atom is -0.478 e. The number of rotatable bonds is 4. The molecule has 0 saturated carbocycles. The molecule has 0 spiro atoms. The Morgan fingerprint density at radius 1 is 1.05 bits per heavy atom. The molecule has 2 rings (SSSR count). The molecule has 0 radical (unpaired) electrons. The Kier molecular flexibility index (Phi) is 4.38. The molecule has 0 fully saturated rings. The molecule has 2 N–H and O–H groups in total. The van der Waals surface area contributed by atoms with Crippen LogP contribution in [0, 0.1) is 6.92 Å². The molecule has 0 aliphatic rings. The number of benzene rings is 2. The first-order valence-corrected chi connectivity index (χ1v) is 6.68. The van der Waals surface area contributed by atoms with Crippen molar-refractivity contribution in [2.75, 3.05) is 0 Å². The van der Waals surface area contributed by atoms with E-state index in [4.69, 9.17) is 5.11 Å². The Labute approximate surface area is 123 Å². The summed E-state index contributed by atoms with van der Waals surface area (Å²) < 4.78 is 0. The van der Waals surface area contributed by atoms with E-state index in [-0.39, 0.29) is 17.5 Å². The topological polar surface area (TPSA) is 66.4 Å². The Bertz CT molecular complexity index is 665. The van der Waals surface area contributed by atoms with Crippen LogP contribution in [0.2, 0.25) is 0 Å². The number of carbonyl (C=O) groups is 2.